The fourth-order valence-electron chi connectivity index (χ4n) is 6.87. The normalized spacial score (nSPS) is 18.4. The quantitative estimate of drug-likeness (QED) is 0.0575. The van der Waals surface area contributed by atoms with E-state index in [1.165, 1.54) is 57.0 Å². The summed E-state index contributed by atoms with van der Waals surface area (Å²) in [5, 5.41) is 17.1. The van der Waals surface area contributed by atoms with Gasteiger partial charge in [-0.15, -0.1) is 0 Å². The van der Waals surface area contributed by atoms with E-state index in [-0.39, 0.29) is 23.4 Å². The molecule has 13 heteroatoms. The number of amides is 2. The third-order valence-corrected chi connectivity index (χ3v) is 10.2. The lowest BCUT2D eigenvalue weighted by atomic mass is 9.87. The van der Waals surface area contributed by atoms with E-state index in [1.807, 2.05) is 14.0 Å². The lowest BCUT2D eigenvalue weighted by molar-refractivity contribution is -0.159. The van der Waals surface area contributed by atoms with Gasteiger partial charge in [-0.1, -0.05) is 38.0 Å². The molecule has 0 aromatic heterocycles. The number of hydrogen-bond acceptors (Lipinski definition) is 7. The van der Waals surface area contributed by atoms with Gasteiger partial charge in [0.2, 0.25) is 0 Å². The van der Waals surface area contributed by atoms with Gasteiger partial charge in [-0.05, 0) is 117 Å². The number of aliphatic hydroxyl groups is 1. The van der Waals surface area contributed by atoms with Gasteiger partial charge in [-0.2, -0.15) is 0 Å². The predicted octanol–water partition coefficient (Wildman–Crippen LogP) is 8.88. The van der Waals surface area contributed by atoms with Gasteiger partial charge in [0.1, 0.15) is 35.1 Å². The van der Waals surface area contributed by atoms with Crippen LogP contribution in [0, 0.1) is 0 Å². The summed E-state index contributed by atoms with van der Waals surface area (Å²) in [4.78, 5) is 34.4. The highest BCUT2D eigenvalue weighted by Crippen LogP contribution is 2.45. The Morgan fingerprint density at radius 2 is 1.76 bits per heavy atom. The molecule has 1 spiro atoms. The van der Waals surface area contributed by atoms with E-state index >= 15 is 13.2 Å². The molecule has 2 aliphatic rings. The molecule has 3 rings (SSSR count). The molecule has 1 heterocycles. The SMILES string of the molecule is C=N/C(=C(/C)Cc1cc(C(C)(C)F)ccc1NC(=O)C1=C(O)C2(CCCC2)N(C)N(CC(=C/C=C(\C)OCCN(C)CC)/C(F)=C(\C)F)C1=O)C(C)(C)F. The number of hydrogen-bond donors (Lipinski definition) is 2. The van der Waals surface area contributed by atoms with Gasteiger partial charge in [0.25, 0.3) is 11.8 Å². The zero-order chi connectivity index (χ0) is 40.8. The molecule has 0 saturated heterocycles. The number of aliphatic hydroxyl groups excluding tert-OH is 1. The molecule has 54 heavy (non-hydrogen) atoms. The number of allylic oxidation sites excluding steroid dienone is 6. The van der Waals surface area contributed by atoms with Crippen LogP contribution >= 0.6 is 0 Å². The highest BCUT2D eigenvalue weighted by atomic mass is 19.2. The minimum atomic E-state index is -1.84. The van der Waals surface area contributed by atoms with Crippen LogP contribution in [0.25, 0.3) is 0 Å². The average molecular weight is 760 g/mol. The largest absolute Gasteiger partial charge is 0.509 e. The summed E-state index contributed by atoms with van der Waals surface area (Å²) in [5.74, 6) is -4.14. The zero-order valence-corrected chi connectivity index (χ0v) is 33.4. The Hall–Kier alpha value is -4.23. The van der Waals surface area contributed by atoms with Gasteiger partial charge >= 0.3 is 0 Å². The fourth-order valence-corrected chi connectivity index (χ4v) is 6.87. The predicted molar refractivity (Wildman–Crippen MR) is 207 cm³/mol. The molecule has 1 saturated carbocycles. The summed E-state index contributed by atoms with van der Waals surface area (Å²) < 4.78 is 65.8. The molecule has 1 fully saturated rings. The molecule has 1 aliphatic heterocycles. The summed E-state index contributed by atoms with van der Waals surface area (Å²) >= 11 is 0. The highest BCUT2D eigenvalue weighted by Gasteiger charge is 2.53. The standard InChI is InChI=1S/C41H57F4N5O4/c1-12-48(10)21-22-54-27(3)15-16-29(34(43)28(4)42)25-50-38(53)33(36(51)41(49(50)11)19-13-14-20-41)37(52)47-32-18-17-31(39(5,6)44)24-30(32)23-26(2)35(46-9)40(7,8)45/h15-18,24,51H,9,12-14,19-23,25H2,1-8,10-11H3,(H,47,52)/b27-15+,29-16-,34-28-,35-26-. The lowest BCUT2D eigenvalue weighted by Crippen LogP contribution is -2.62. The Bertz CT molecular complexity index is 1740. The lowest BCUT2D eigenvalue weighted by Gasteiger charge is -2.48. The highest BCUT2D eigenvalue weighted by molar-refractivity contribution is 6.23. The van der Waals surface area contributed by atoms with Crippen molar-refractivity contribution in [3.05, 3.63) is 87.1 Å². The smallest absolute Gasteiger partial charge is 0.277 e. The van der Waals surface area contributed by atoms with E-state index in [9.17, 15) is 19.1 Å². The van der Waals surface area contributed by atoms with Crippen molar-refractivity contribution in [2.45, 2.75) is 104 Å². The number of carbonyl (C=O) groups is 2. The van der Waals surface area contributed by atoms with Crippen molar-refractivity contribution in [3.63, 3.8) is 0 Å². The summed E-state index contributed by atoms with van der Waals surface area (Å²) in [6.07, 6.45) is 5.01. The van der Waals surface area contributed by atoms with Crippen molar-refractivity contribution < 1.29 is 37.0 Å². The maximum atomic E-state index is 15.5. The van der Waals surface area contributed by atoms with Crippen LogP contribution in [0.15, 0.2) is 80.9 Å². The molecule has 1 aromatic carbocycles. The minimum absolute atomic E-state index is 0.0489. The van der Waals surface area contributed by atoms with E-state index in [1.54, 1.807) is 27.0 Å². The van der Waals surface area contributed by atoms with Gasteiger partial charge in [0.15, 0.2) is 5.83 Å². The van der Waals surface area contributed by atoms with Crippen LogP contribution in [0.4, 0.5) is 23.2 Å². The maximum absolute atomic E-state index is 15.5. The summed E-state index contributed by atoms with van der Waals surface area (Å²) in [6.45, 7) is 16.7. The molecule has 9 nitrogen and oxygen atoms in total. The van der Waals surface area contributed by atoms with Crippen molar-refractivity contribution in [2.75, 3.05) is 45.7 Å². The van der Waals surface area contributed by atoms with E-state index in [0.717, 1.165) is 18.5 Å². The molecular formula is C41H57F4N5O4. The minimum Gasteiger partial charge on any atom is -0.509 e. The first-order valence-corrected chi connectivity index (χ1v) is 18.3. The number of nitrogens with one attached hydrogen (secondary N) is 1. The average Bonchev–Trinajstić information content (AvgIpc) is 3.58. The molecule has 1 aliphatic carbocycles. The molecular weight excluding hydrogens is 702 g/mol. The number of rotatable bonds is 16. The van der Waals surface area contributed by atoms with Crippen LogP contribution in [0.2, 0.25) is 0 Å². The van der Waals surface area contributed by atoms with Crippen LogP contribution in [-0.4, -0.2) is 90.1 Å². The first-order chi connectivity index (χ1) is 25.1. The van der Waals surface area contributed by atoms with E-state index in [2.05, 4.69) is 21.9 Å². The van der Waals surface area contributed by atoms with Gasteiger partial charge in [0.05, 0.1) is 23.5 Å². The topological polar surface area (TPSA) is 97.7 Å². The van der Waals surface area contributed by atoms with Crippen LogP contribution in [-0.2, 0) is 26.4 Å². The Labute approximate surface area is 317 Å². The number of anilines is 1. The number of halogens is 4. The number of hydrazine groups is 1. The van der Waals surface area contributed by atoms with Gasteiger partial charge in [-0.3, -0.25) is 19.6 Å². The van der Waals surface area contributed by atoms with Gasteiger partial charge < -0.3 is 20.1 Å². The number of alkyl halides is 2. The Morgan fingerprint density at radius 3 is 2.30 bits per heavy atom. The van der Waals surface area contributed by atoms with Gasteiger partial charge in [0, 0.05) is 24.9 Å². The number of benzene rings is 1. The number of aliphatic imine (C=N–C) groups is 1. The molecule has 0 radical (unpaired) electrons. The first kappa shape index (κ1) is 44.2. The zero-order valence-electron chi connectivity index (χ0n) is 33.4. The number of carbonyl (C=O) groups excluding carboxylic acids is 2. The summed E-state index contributed by atoms with van der Waals surface area (Å²) in [5.41, 5.74) is -4.04. The van der Waals surface area contributed by atoms with Crippen molar-refractivity contribution in [1.82, 2.24) is 14.9 Å². The second-order valence-corrected chi connectivity index (χ2v) is 15.1. The first-order valence-electron chi connectivity index (χ1n) is 18.3. The van der Waals surface area contributed by atoms with E-state index < -0.39 is 58.2 Å². The maximum Gasteiger partial charge on any atom is 0.277 e. The van der Waals surface area contributed by atoms with Crippen molar-refractivity contribution in [1.29, 1.82) is 0 Å². The monoisotopic (exact) mass is 759 g/mol. The molecule has 2 N–H and O–H groups in total. The van der Waals surface area contributed by atoms with Crippen LogP contribution < -0.4 is 5.32 Å². The van der Waals surface area contributed by atoms with Crippen molar-refractivity contribution in [3.8, 4) is 0 Å². The van der Waals surface area contributed by atoms with Crippen LogP contribution in [0.5, 0.6) is 0 Å². The Balaban J connectivity index is 2.10. The van der Waals surface area contributed by atoms with Crippen molar-refractivity contribution >= 4 is 24.2 Å². The molecule has 298 valence electrons. The van der Waals surface area contributed by atoms with Gasteiger partial charge in [-0.25, -0.2) is 22.6 Å². The Morgan fingerprint density at radius 1 is 1.13 bits per heavy atom. The van der Waals surface area contributed by atoms with E-state index in [0.29, 0.717) is 61.3 Å². The second kappa shape index (κ2) is 17.9. The molecule has 2 amide bonds. The number of ether oxygens (including phenoxy) is 1. The number of nitrogens with zero attached hydrogens (tertiary/aromatic N) is 4. The van der Waals surface area contributed by atoms with E-state index in [4.69, 9.17) is 4.74 Å². The molecule has 0 unspecified atom stereocenters. The third kappa shape index (κ3) is 10.3. The molecule has 1 aromatic rings. The third-order valence-electron chi connectivity index (χ3n) is 10.2. The summed E-state index contributed by atoms with van der Waals surface area (Å²) in [6, 6.07) is 4.53. The summed E-state index contributed by atoms with van der Waals surface area (Å²) in [7, 11) is 3.52. The van der Waals surface area contributed by atoms with Crippen LogP contribution in [0.1, 0.15) is 92.2 Å². The van der Waals surface area contributed by atoms with Crippen LogP contribution in [0.3, 0.4) is 0 Å². The second-order valence-electron chi connectivity index (χ2n) is 15.1. The molecule has 0 atom stereocenters. The van der Waals surface area contributed by atoms with Crippen molar-refractivity contribution in [2.24, 2.45) is 4.99 Å². The molecule has 0 bridgehead atoms. The Kier molecular flexibility index (Phi) is 14.7. The fraction of sp³-hybridized carbons (Fsp3) is 0.537. The number of likely N-dealkylation sites (N-methyl/N-ethyl adjacent to an activating group) is 2.